The minimum atomic E-state index is 0. The Kier molecular flexibility index (Phi) is 5.89. The number of rotatable bonds is 0. The largest absolute Gasteiger partial charge is 1.00 e. The van der Waals surface area contributed by atoms with Gasteiger partial charge in [-0.25, -0.2) is 0 Å². The van der Waals surface area contributed by atoms with Gasteiger partial charge in [-0.2, -0.15) is 6.92 Å². The van der Waals surface area contributed by atoms with E-state index in [1.165, 1.54) is 31.3 Å². The molecule has 0 atom stereocenters. The fourth-order valence-corrected chi connectivity index (χ4v) is 5.32. The van der Waals surface area contributed by atoms with Crippen molar-refractivity contribution in [3.63, 3.8) is 0 Å². The Hall–Kier alpha value is 1.86. The molecule has 0 bridgehead atoms. The van der Waals surface area contributed by atoms with Crippen LogP contribution >= 0.6 is 11.8 Å². The summed E-state index contributed by atoms with van der Waals surface area (Å²) >= 11 is 2.20. The zero-order chi connectivity index (χ0) is 12.9. The molecule has 1 saturated heterocycles. The van der Waals surface area contributed by atoms with Crippen LogP contribution < -0.4 is 58.2 Å². The van der Waals surface area contributed by atoms with Crippen molar-refractivity contribution in [2.45, 2.75) is 75.5 Å². The molecule has 3 heteroatoms. The first-order chi connectivity index (χ1) is 7.75. The standard InChI is InChI=1S/C15H26NS.Rb/c1-7-12-8-10-15(11-9-12)16(6)13(2,3)14(4,5)17-15;/h8-11H2,1-6H3;/q-1;+1. The van der Waals surface area contributed by atoms with E-state index in [9.17, 15) is 0 Å². The molecule has 1 heterocycles. The summed E-state index contributed by atoms with van der Waals surface area (Å²) in [6.45, 7) is 11.7. The van der Waals surface area contributed by atoms with Gasteiger partial charge in [0.1, 0.15) is 0 Å². The van der Waals surface area contributed by atoms with E-state index in [0.717, 1.165) is 0 Å². The minimum Gasteiger partial charge on any atom is -0.500 e. The molecule has 98 valence electrons. The molecule has 0 aromatic carbocycles. The maximum Gasteiger partial charge on any atom is 1.00 e. The number of nitrogens with zero attached hydrogens (tertiary/aromatic N) is 1. The average Bonchev–Trinajstić information content (AvgIpc) is 2.39. The Balaban J connectivity index is 0.00000162. The van der Waals surface area contributed by atoms with Gasteiger partial charge in [-0.3, -0.25) is 10.5 Å². The predicted octanol–water partition coefficient (Wildman–Crippen LogP) is 1.25. The molecule has 0 aromatic heterocycles. The summed E-state index contributed by atoms with van der Waals surface area (Å²) in [5, 5.41) is 0. The summed E-state index contributed by atoms with van der Waals surface area (Å²) in [6, 6.07) is 0. The summed E-state index contributed by atoms with van der Waals surface area (Å²) in [6.07, 6.45) is 8.41. The normalized spacial score (nSPS) is 34.4. The Labute approximate surface area is 166 Å². The molecule has 0 radical (unpaired) electrons. The van der Waals surface area contributed by atoms with Gasteiger partial charge in [0.05, 0.1) is 4.87 Å². The van der Waals surface area contributed by atoms with Crippen molar-refractivity contribution in [2.75, 3.05) is 7.05 Å². The molecule has 2 fully saturated rings. The predicted molar refractivity (Wildman–Crippen MR) is 77.1 cm³/mol. The molecule has 0 N–H and O–H groups in total. The smallest absolute Gasteiger partial charge is 0.500 e. The van der Waals surface area contributed by atoms with Crippen molar-refractivity contribution < 1.29 is 58.2 Å². The fraction of sp³-hybridized carbons (Fsp3) is 0.867. The molecule has 1 nitrogen and oxygen atoms in total. The molecular weight excluding hydrogens is 312 g/mol. The maximum absolute atomic E-state index is 3.36. The van der Waals surface area contributed by atoms with Gasteiger partial charge in [0.15, 0.2) is 0 Å². The zero-order valence-electron chi connectivity index (χ0n) is 13.2. The molecule has 2 aliphatic rings. The summed E-state index contributed by atoms with van der Waals surface area (Å²) in [5.41, 5.74) is 1.81. The first-order valence-corrected chi connectivity index (χ1v) is 7.53. The van der Waals surface area contributed by atoms with Gasteiger partial charge in [0.25, 0.3) is 0 Å². The van der Waals surface area contributed by atoms with E-state index < -0.39 is 0 Å². The summed E-state index contributed by atoms with van der Waals surface area (Å²) in [4.78, 5) is 3.02. The van der Waals surface area contributed by atoms with Crippen LogP contribution in [-0.4, -0.2) is 27.1 Å². The Morgan fingerprint density at radius 3 is 1.94 bits per heavy atom. The van der Waals surface area contributed by atoms with Crippen LogP contribution in [0.3, 0.4) is 0 Å². The molecule has 1 aliphatic heterocycles. The topological polar surface area (TPSA) is 3.24 Å². The molecule has 1 spiro atoms. The van der Waals surface area contributed by atoms with E-state index in [1.807, 2.05) is 0 Å². The van der Waals surface area contributed by atoms with Crippen LogP contribution in [-0.2, 0) is 0 Å². The minimum absolute atomic E-state index is 0. The van der Waals surface area contributed by atoms with Crippen molar-refractivity contribution in [2.24, 2.45) is 0 Å². The van der Waals surface area contributed by atoms with Crippen LogP contribution in [0.15, 0.2) is 5.57 Å². The number of hydrogen-bond donors (Lipinski definition) is 0. The first kappa shape index (κ1) is 17.9. The van der Waals surface area contributed by atoms with E-state index in [4.69, 9.17) is 0 Å². The van der Waals surface area contributed by atoms with E-state index in [0.29, 0.717) is 9.62 Å². The van der Waals surface area contributed by atoms with Gasteiger partial charge >= 0.3 is 58.2 Å². The third-order valence-electron chi connectivity index (χ3n) is 5.36. The van der Waals surface area contributed by atoms with Crippen LogP contribution in [0.1, 0.15) is 60.3 Å². The third kappa shape index (κ3) is 2.76. The summed E-state index contributed by atoms with van der Waals surface area (Å²) in [5.74, 6) is 0. The molecular formula is C15H26NRbS. The van der Waals surface area contributed by atoms with Crippen LogP contribution in [0.4, 0.5) is 0 Å². The molecule has 0 aromatic rings. The second-order valence-corrected chi connectivity index (χ2v) is 8.51. The van der Waals surface area contributed by atoms with Crippen LogP contribution in [0, 0.1) is 6.08 Å². The Morgan fingerprint density at radius 1 is 1.11 bits per heavy atom. The average molecular weight is 338 g/mol. The Bertz CT molecular complexity index is 336. The zero-order valence-corrected chi connectivity index (χ0v) is 18.9. The SMILES string of the molecule is C[C-]=C1CCC2(CC1)SC(C)(C)C(C)(C)N2C.[Rb+]. The Morgan fingerprint density at radius 2 is 1.61 bits per heavy atom. The van der Waals surface area contributed by atoms with Crippen molar-refractivity contribution in [1.29, 1.82) is 0 Å². The third-order valence-corrected chi connectivity index (χ3v) is 7.43. The van der Waals surface area contributed by atoms with Gasteiger partial charge in [-0.15, -0.1) is 11.8 Å². The van der Waals surface area contributed by atoms with Crippen molar-refractivity contribution in [3.05, 3.63) is 11.6 Å². The van der Waals surface area contributed by atoms with E-state index in [1.54, 1.807) is 0 Å². The molecule has 18 heavy (non-hydrogen) atoms. The van der Waals surface area contributed by atoms with Crippen molar-refractivity contribution in [1.82, 2.24) is 4.90 Å². The summed E-state index contributed by atoms with van der Waals surface area (Å²) < 4.78 is 0.332. The fourth-order valence-electron chi connectivity index (χ4n) is 3.21. The van der Waals surface area contributed by atoms with Gasteiger partial charge in [0, 0.05) is 10.3 Å². The molecule has 1 aliphatic carbocycles. The second kappa shape index (κ2) is 5.92. The quantitative estimate of drug-likeness (QED) is 0.612. The van der Waals surface area contributed by atoms with Gasteiger partial charge in [-0.05, 0) is 47.6 Å². The number of thioether (sulfide) groups is 1. The molecule has 2 rings (SSSR count). The van der Waals surface area contributed by atoms with Crippen molar-refractivity contribution in [3.8, 4) is 0 Å². The number of allylic oxidation sites excluding steroid dienone is 2. The maximum atomic E-state index is 3.36. The summed E-state index contributed by atoms with van der Waals surface area (Å²) in [7, 11) is 2.33. The van der Waals surface area contributed by atoms with Gasteiger partial charge in [-0.1, -0.05) is 12.8 Å². The van der Waals surface area contributed by atoms with E-state index in [2.05, 4.69) is 64.4 Å². The molecule has 0 amide bonds. The van der Waals surface area contributed by atoms with Crippen molar-refractivity contribution >= 4 is 11.8 Å². The second-order valence-electron chi connectivity index (χ2n) is 6.53. The van der Waals surface area contributed by atoms with Gasteiger partial charge < -0.3 is 6.08 Å². The molecule has 0 unspecified atom stereocenters. The van der Waals surface area contributed by atoms with E-state index in [-0.39, 0.29) is 63.7 Å². The first-order valence-electron chi connectivity index (χ1n) is 6.72. The van der Waals surface area contributed by atoms with Crippen LogP contribution in [0.25, 0.3) is 0 Å². The number of hydrogen-bond acceptors (Lipinski definition) is 2. The monoisotopic (exact) mass is 337 g/mol. The van der Waals surface area contributed by atoms with Crippen LogP contribution in [0.5, 0.6) is 0 Å². The van der Waals surface area contributed by atoms with Gasteiger partial charge in [0.2, 0.25) is 0 Å². The molecule has 1 saturated carbocycles. The van der Waals surface area contributed by atoms with E-state index >= 15 is 0 Å². The van der Waals surface area contributed by atoms with Crippen LogP contribution in [0.2, 0.25) is 0 Å².